The first-order chi connectivity index (χ1) is 6.15. The quantitative estimate of drug-likeness (QED) is 0.760. The van der Waals surface area contributed by atoms with Crippen LogP contribution >= 0.6 is 22.9 Å². The highest BCUT2D eigenvalue weighted by Gasteiger charge is 2.10. The number of halogens is 1. The molecule has 0 saturated heterocycles. The minimum absolute atomic E-state index is 0.248. The molecule has 0 aliphatic carbocycles. The normalized spacial score (nSPS) is 12.6. The van der Waals surface area contributed by atoms with Crippen LogP contribution in [0.5, 0.6) is 0 Å². The Morgan fingerprint density at radius 3 is 2.69 bits per heavy atom. The van der Waals surface area contributed by atoms with Gasteiger partial charge in [-0.25, -0.2) is 0 Å². The van der Waals surface area contributed by atoms with Gasteiger partial charge in [0.15, 0.2) is 0 Å². The van der Waals surface area contributed by atoms with E-state index >= 15 is 0 Å². The summed E-state index contributed by atoms with van der Waals surface area (Å²) >= 11 is 7.72. The minimum Gasteiger partial charge on any atom is -0.309 e. The molecule has 3 heteroatoms. The Morgan fingerprint density at radius 1 is 1.62 bits per heavy atom. The Bertz CT molecular complexity index is 300. The molecule has 1 nitrogen and oxygen atoms in total. The van der Waals surface area contributed by atoms with Crippen molar-refractivity contribution in [3.63, 3.8) is 0 Å². The zero-order valence-corrected chi connectivity index (χ0v) is 9.67. The van der Waals surface area contributed by atoms with Crippen LogP contribution in [0.4, 0.5) is 0 Å². The fourth-order valence-electron chi connectivity index (χ4n) is 1.15. The molecular weight excluding hydrogens is 202 g/mol. The summed E-state index contributed by atoms with van der Waals surface area (Å²) in [5.74, 6) is 0. The first-order valence-electron chi connectivity index (χ1n) is 4.20. The Kier molecular flexibility index (Phi) is 3.97. The van der Waals surface area contributed by atoms with E-state index in [4.69, 9.17) is 11.6 Å². The van der Waals surface area contributed by atoms with Crippen LogP contribution in [0.25, 0.3) is 0 Å². The van der Waals surface area contributed by atoms with E-state index in [1.54, 1.807) is 11.3 Å². The Hall–Kier alpha value is -0.310. The van der Waals surface area contributed by atoms with Crippen molar-refractivity contribution in [3.05, 3.63) is 33.0 Å². The van der Waals surface area contributed by atoms with Gasteiger partial charge in [0, 0.05) is 4.88 Å². The zero-order chi connectivity index (χ0) is 9.84. The lowest BCUT2D eigenvalue weighted by atomic mass is 10.2. The molecule has 13 heavy (non-hydrogen) atoms. The largest absolute Gasteiger partial charge is 0.309 e. The van der Waals surface area contributed by atoms with Gasteiger partial charge in [-0.2, -0.15) is 0 Å². The summed E-state index contributed by atoms with van der Waals surface area (Å²) in [6.07, 6.45) is 2.18. The second kappa shape index (κ2) is 4.80. The Labute approximate surface area is 88.4 Å². The maximum absolute atomic E-state index is 6.04. The van der Waals surface area contributed by atoms with E-state index < -0.39 is 0 Å². The van der Waals surface area contributed by atoms with Crippen molar-refractivity contribution in [1.82, 2.24) is 5.32 Å². The van der Waals surface area contributed by atoms with Crippen molar-refractivity contribution < 1.29 is 0 Å². The number of rotatable bonds is 3. The first-order valence-corrected chi connectivity index (χ1v) is 5.46. The number of hydrogen-bond acceptors (Lipinski definition) is 2. The lowest BCUT2D eigenvalue weighted by Crippen LogP contribution is -2.13. The fraction of sp³-hybridized carbons (Fsp3) is 0.400. The maximum atomic E-state index is 6.04. The SMILES string of the molecule is CNC(C=C(C)C)c1sccc1Cl. The highest BCUT2D eigenvalue weighted by atomic mass is 35.5. The van der Waals surface area contributed by atoms with E-state index in [2.05, 4.69) is 25.2 Å². The fourth-order valence-corrected chi connectivity index (χ4v) is 2.40. The topological polar surface area (TPSA) is 12.0 Å². The summed E-state index contributed by atoms with van der Waals surface area (Å²) in [5, 5.41) is 6.09. The molecule has 0 saturated carbocycles. The molecule has 0 amide bonds. The first kappa shape index (κ1) is 10.8. The lowest BCUT2D eigenvalue weighted by Gasteiger charge is -2.10. The molecular formula is C10H14ClNS. The van der Waals surface area contributed by atoms with Crippen molar-refractivity contribution in [3.8, 4) is 0 Å². The molecule has 1 N–H and O–H groups in total. The third-order valence-corrected chi connectivity index (χ3v) is 3.18. The second-order valence-corrected chi connectivity index (χ2v) is 4.50. The summed E-state index contributed by atoms with van der Waals surface area (Å²) in [6, 6.07) is 2.18. The van der Waals surface area contributed by atoms with Crippen LogP contribution in [0, 0.1) is 0 Å². The standard InChI is InChI=1S/C10H14ClNS/c1-7(2)6-9(12-3)10-8(11)4-5-13-10/h4-6,9,12H,1-3H3. The number of hydrogen-bond donors (Lipinski definition) is 1. The smallest absolute Gasteiger partial charge is 0.0615 e. The Morgan fingerprint density at radius 2 is 2.31 bits per heavy atom. The molecule has 1 aromatic rings. The van der Waals surface area contributed by atoms with Crippen molar-refractivity contribution in [2.45, 2.75) is 19.9 Å². The lowest BCUT2D eigenvalue weighted by molar-refractivity contribution is 0.722. The third kappa shape index (κ3) is 2.83. The van der Waals surface area contributed by atoms with Gasteiger partial charge in [0.1, 0.15) is 0 Å². The van der Waals surface area contributed by atoms with Gasteiger partial charge < -0.3 is 5.32 Å². The van der Waals surface area contributed by atoms with Crippen molar-refractivity contribution in [2.24, 2.45) is 0 Å². The van der Waals surface area contributed by atoms with E-state index in [-0.39, 0.29) is 6.04 Å². The van der Waals surface area contributed by atoms with Gasteiger partial charge in [-0.15, -0.1) is 11.3 Å². The molecule has 0 aliphatic rings. The van der Waals surface area contributed by atoms with E-state index in [9.17, 15) is 0 Å². The van der Waals surface area contributed by atoms with Crippen LogP contribution in [-0.4, -0.2) is 7.05 Å². The molecule has 0 spiro atoms. The molecule has 0 fully saturated rings. The minimum atomic E-state index is 0.248. The van der Waals surface area contributed by atoms with E-state index in [1.165, 1.54) is 10.5 Å². The van der Waals surface area contributed by atoms with E-state index in [0.29, 0.717) is 0 Å². The van der Waals surface area contributed by atoms with Crippen molar-refractivity contribution >= 4 is 22.9 Å². The number of likely N-dealkylation sites (N-methyl/N-ethyl adjacent to an activating group) is 1. The monoisotopic (exact) mass is 215 g/mol. The van der Waals surface area contributed by atoms with Gasteiger partial charge >= 0.3 is 0 Å². The molecule has 72 valence electrons. The van der Waals surface area contributed by atoms with Gasteiger partial charge in [-0.05, 0) is 32.3 Å². The molecule has 1 heterocycles. The second-order valence-electron chi connectivity index (χ2n) is 3.14. The number of thiophene rings is 1. The summed E-state index contributed by atoms with van der Waals surface area (Å²) in [5.41, 5.74) is 1.30. The van der Waals surface area contributed by atoms with Crippen LogP contribution in [0.1, 0.15) is 24.8 Å². The molecule has 1 aromatic heterocycles. The summed E-state index contributed by atoms with van der Waals surface area (Å²) in [4.78, 5) is 1.19. The highest BCUT2D eigenvalue weighted by molar-refractivity contribution is 7.10. The third-order valence-electron chi connectivity index (χ3n) is 1.74. The number of allylic oxidation sites excluding steroid dienone is 1. The molecule has 1 rings (SSSR count). The summed E-state index contributed by atoms with van der Waals surface area (Å²) < 4.78 is 0. The molecule has 0 radical (unpaired) electrons. The average molecular weight is 216 g/mol. The molecule has 1 atom stereocenters. The van der Waals surface area contributed by atoms with Gasteiger partial charge in [0.25, 0.3) is 0 Å². The molecule has 0 bridgehead atoms. The van der Waals surface area contributed by atoms with Crippen molar-refractivity contribution in [1.29, 1.82) is 0 Å². The number of nitrogens with one attached hydrogen (secondary N) is 1. The van der Waals surface area contributed by atoms with E-state index in [1.807, 2.05) is 18.5 Å². The summed E-state index contributed by atoms with van der Waals surface area (Å²) in [6.45, 7) is 4.18. The van der Waals surface area contributed by atoms with Gasteiger partial charge in [0.2, 0.25) is 0 Å². The average Bonchev–Trinajstić information content (AvgIpc) is 2.47. The van der Waals surface area contributed by atoms with Crippen LogP contribution < -0.4 is 5.32 Å². The zero-order valence-electron chi connectivity index (χ0n) is 8.10. The predicted octanol–water partition coefficient (Wildman–Crippen LogP) is 3.63. The van der Waals surface area contributed by atoms with Crippen LogP contribution in [0.2, 0.25) is 5.02 Å². The van der Waals surface area contributed by atoms with Crippen LogP contribution in [-0.2, 0) is 0 Å². The van der Waals surface area contributed by atoms with Crippen LogP contribution in [0.15, 0.2) is 23.1 Å². The van der Waals surface area contributed by atoms with E-state index in [0.717, 1.165) is 5.02 Å². The predicted molar refractivity (Wildman–Crippen MR) is 60.6 cm³/mol. The van der Waals surface area contributed by atoms with Gasteiger partial charge in [-0.3, -0.25) is 0 Å². The van der Waals surface area contributed by atoms with Gasteiger partial charge in [0.05, 0.1) is 11.1 Å². The van der Waals surface area contributed by atoms with Crippen LogP contribution in [0.3, 0.4) is 0 Å². The molecule has 0 aromatic carbocycles. The van der Waals surface area contributed by atoms with Crippen molar-refractivity contribution in [2.75, 3.05) is 7.05 Å². The summed E-state index contributed by atoms with van der Waals surface area (Å²) in [7, 11) is 1.94. The molecule has 0 aliphatic heterocycles. The van der Waals surface area contributed by atoms with Gasteiger partial charge in [-0.1, -0.05) is 23.3 Å². The maximum Gasteiger partial charge on any atom is 0.0615 e. The Balaban J connectivity index is 2.91. The molecule has 1 unspecified atom stereocenters. The highest BCUT2D eigenvalue weighted by Crippen LogP contribution is 2.29.